The lowest BCUT2D eigenvalue weighted by atomic mass is 10.2. The SMILES string of the molecule is COCCN1CCCN(C(=O)COC(C)(C)C)CC1. The molecule has 0 N–H and O–H groups in total. The summed E-state index contributed by atoms with van der Waals surface area (Å²) in [6, 6.07) is 0. The Morgan fingerprint density at radius 3 is 2.53 bits per heavy atom. The number of ether oxygens (including phenoxy) is 2. The average Bonchev–Trinajstić information content (AvgIpc) is 2.58. The van der Waals surface area contributed by atoms with E-state index < -0.39 is 0 Å². The number of carbonyl (C=O) groups is 1. The number of amides is 1. The molecule has 1 saturated heterocycles. The van der Waals surface area contributed by atoms with Gasteiger partial charge in [-0.25, -0.2) is 0 Å². The van der Waals surface area contributed by atoms with Crippen molar-refractivity contribution in [2.24, 2.45) is 0 Å². The first-order valence-electron chi connectivity index (χ1n) is 7.05. The Morgan fingerprint density at radius 2 is 1.89 bits per heavy atom. The summed E-state index contributed by atoms with van der Waals surface area (Å²) in [6.07, 6.45) is 1.02. The Bertz CT molecular complexity index is 276. The Kier molecular flexibility index (Phi) is 6.75. The molecular formula is C14H28N2O3. The van der Waals surface area contributed by atoms with Gasteiger partial charge in [0.1, 0.15) is 6.61 Å². The van der Waals surface area contributed by atoms with Crippen LogP contribution in [0.3, 0.4) is 0 Å². The second kappa shape index (κ2) is 7.82. The van der Waals surface area contributed by atoms with Crippen molar-refractivity contribution in [3.8, 4) is 0 Å². The molecular weight excluding hydrogens is 244 g/mol. The maximum Gasteiger partial charge on any atom is 0.248 e. The van der Waals surface area contributed by atoms with Crippen LogP contribution >= 0.6 is 0 Å². The van der Waals surface area contributed by atoms with Crippen LogP contribution in [0.5, 0.6) is 0 Å². The molecule has 0 atom stereocenters. The number of hydrogen-bond donors (Lipinski definition) is 0. The molecule has 1 fully saturated rings. The fourth-order valence-corrected chi connectivity index (χ4v) is 2.03. The lowest BCUT2D eigenvalue weighted by molar-refractivity contribution is -0.140. The molecule has 0 saturated carbocycles. The largest absolute Gasteiger partial charge is 0.383 e. The molecule has 112 valence electrons. The zero-order valence-electron chi connectivity index (χ0n) is 12.8. The van der Waals surface area contributed by atoms with Crippen molar-refractivity contribution in [2.45, 2.75) is 32.8 Å². The molecule has 1 rings (SSSR count). The summed E-state index contributed by atoms with van der Waals surface area (Å²) >= 11 is 0. The van der Waals surface area contributed by atoms with Crippen LogP contribution in [0.4, 0.5) is 0 Å². The monoisotopic (exact) mass is 272 g/mol. The first-order valence-corrected chi connectivity index (χ1v) is 7.05. The first kappa shape index (κ1) is 16.4. The molecule has 0 bridgehead atoms. The van der Waals surface area contributed by atoms with E-state index in [2.05, 4.69) is 4.90 Å². The van der Waals surface area contributed by atoms with E-state index in [9.17, 15) is 4.79 Å². The van der Waals surface area contributed by atoms with E-state index in [1.807, 2.05) is 25.7 Å². The molecule has 0 aromatic carbocycles. The summed E-state index contributed by atoms with van der Waals surface area (Å²) in [5, 5.41) is 0. The van der Waals surface area contributed by atoms with Gasteiger partial charge < -0.3 is 14.4 Å². The molecule has 19 heavy (non-hydrogen) atoms. The first-order chi connectivity index (χ1) is 8.92. The number of hydrogen-bond acceptors (Lipinski definition) is 4. The molecule has 1 heterocycles. The van der Waals surface area contributed by atoms with E-state index in [1.165, 1.54) is 0 Å². The Hall–Kier alpha value is -0.650. The van der Waals surface area contributed by atoms with Gasteiger partial charge in [0, 0.05) is 33.3 Å². The Labute approximate surface area is 116 Å². The van der Waals surface area contributed by atoms with Gasteiger partial charge in [0.15, 0.2) is 0 Å². The molecule has 0 aromatic rings. The predicted octanol–water partition coefficient (Wildman–Crippen LogP) is 0.982. The van der Waals surface area contributed by atoms with Crippen LogP contribution in [0, 0.1) is 0 Å². The summed E-state index contributed by atoms with van der Waals surface area (Å²) in [7, 11) is 1.72. The molecule has 5 heteroatoms. The standard InChI is InChI=1S/C14H28N2O3/c1-14(2,3)19-12-13(17)16-7-5-6-15(8-9-16)10-11-18-4/h5-12H2,1-4H3. The fourth-order valence-electron chi connectivity index (χ4n) is 2.03. The molecule has 0 aliphatic carbocycles. The van der Waals surface area contributed by atoms with E-state index in [0.29, 0.717) is 0 Å². The van der Waals surface area contributed by atoms with Gasteiger partial charge in [-0.15, -0.1) is 0 Å². The lowest BCUT2D eigenvalue weighted by Crippen LogP contribution is -2.39. The number of methoxy groups -OCH3 is 1. The second-order valence-electron chi connectivity index (χ2n) is 5.97. The summed E-state index contributed by atoms with van der Waals surface area (Å²) in [5.74, 6) is 0.100. The maximum absolute atomic E-state index is 12.1. The third kappa shape index (κ3) is 6.89. The van der Waals surface area contributed by atoms with E-state index in [4.69, 9.17) is 9.47 Å². The maximum atomic E-state index is 12.1. The van der Waals surface area contributed by atoms with Crippen LogP contribution in [0.1, 0.15) is 27.2 Å². The number of nitrogens with zero attached hydrogens (tertiary/aromatic N) is 2. The van der Waals surface area contributed by atoms with Crippen LogP contribution in [0.2, 0.25) is 0 Å². The van der Waals surface area contributed by atoms with Gasteiger partial charge in [0.2, 0.25) is 5.91 Å². The van der Waals surface area contributed by atoms with E-state index in [-0.39, 0.29) is 18.1 Å². The number of carbonyl (C=O) groups excluding carboxylic acids is 1. The minimum atomic E-state index is -0.258. The molecule has 1 aliphatic heterocycles. The highest BCUT2D eigenvalue weighted by Gasteiger charge is 2.20. The smallest absolute Gasteiger partial charge is 0.248 e. The minimum Gasteiger partial charge on any atom is -0.383 e. The van der Waals surface area contributed by atoms with Gasteiger partial charge in [0.05, 0.1) is 12.2 Å². The lowest BCUT2D eigenvalue weighted by Gasteiger charge is -2.24. The second-order valence-corrected chi connectivity index (χ2v) is 5.97. The third-order valence-electron chi connectivity index (χ3n) is 3.18. The molecule has 1 aliphatic rings. The molecule has 0 radical (unpaired) electrons. The van der Waals surface area contributed by atoms with Crippen LogP contribution < -0.4 is 0 Å². The highest BCUT2D eigenvalue weighted by molar-refractivity contribution is 5.77. The average molecular weight is 272 g/mol. The minimum absolute atomic E-state index is 0.100. The van der Waals surface area contributed by atoms with Crippen molar-refractivity contribution in [1.82, 2.24) is 9.80 Å². The van der Waals surface area contributed by atoms with Crippen LogP contribution in [0.25, 0.3) is 0 Å². The molecule has 1 amide bonds. The quantitative estimate of drug-likeness (QED) is 0.748. The van der Waals surface area contributed by atoms with Crippen molar-refractivity contribution in [1.29, 1.82) is 0 Å². The topological polar surface area (TPSA) is 42.0 Å². The predicted molar refractivity (Wildman–Crippen MR) is 75.2 cm³/mol. The van der Waals surface area contributed by atoms with Crippen LogP contribution in [0.15, 0.2) is 0 Å². The van der Waals surface area contributed by atoms with Crippen molar-refractivity contribution in [2.75, 3.05) is 53.0 Å². The zero-order valence-corrected chi connectivity index (χ0v) is 12.8. The van der Waals surface area contributed by atoms with Crippen LogP contribution in [-0.2, 0) is 14.3 Å². The van der Waals surface area contributed by atoms with Gasteiger partial charge in [-0.05, 0) is 33.7 Å². The third-order valence-corrected chi connectivity index (χ3v) is 3.18. The Morgan fingerprint density at radius 1 is 1.16 bits per heavy atom. The summed E-state index contributed by atoms with van der Waals surface area (Å²) in [6.45, 7) is 11.4. The van der Waals surface area contributed by atoms with Crippen molar-refractivity contribution in [3.05, 3.63) is 0 Å². The molecule has 5 nitrogen and oxygen atoms in total. The van der Waals surface area contributed by atoms with E-state index in [0.717, 1.165) is 45.8 Å². The molecule has 0 aromatic heterocycles. The highest BCUT2D eigenvalue weighted by Crippen LogP contribution is 2.08. The summed E-state index contributed by atoms with van der Waals surface area (Å²) in [5.41, 5.74) is -0.258. The van der Waals surface area contributed by atoms with Crippen molar-refractivity contribution < 1.29 is 14.3 Å². The zero-order chi connectivity index (χ0) is 14.3. The molecule has 0 spiro atoms. The van der Waals surface area contributed by atoms with Gasteiger partial charge in [-0.1, -0.05) is 0 Å². The number of rotatable bonds is 5. The van der Waals surface area contributed by atoms with Gasteiger partial charge in [-0.2, -0.15) is 0 Å². The van der Waals surface area contributed by atoms with Gasteiger partial charge >= 0.3 is 0 Å². The van der Waals surface area contributed by atoms with Gasteiger partial charge in [0.25, 0.3) is 0 Å². The normalized spacial score (nSPS) is 18.4. The summed E-state index contributed by atoms with van der Waals surface area (Å²) < 4.78 is 10.6. The van der Waals surface area contributed by atoms with Gasteiger partial charge in [-0.3, -0.25) is 9.69 Å². The fraction of sp³-hybridized carbons (Fsp3) is 0.929. The Balaban J connectivity index is 2.33. The van der Waals surface area contributed by atoms with Crippen LogP contribution in [-0.4, -0.2) is 74.4 Å². The summed E-state index contributed by atoms with van der Waals surface area (Å²) in [4.78, 5) is 16.3. The van der Waals surface area contributed by atoms with Crippen molar-refractivity contribution >= 4 is 5.91 Å². The highest BCUT2D eigenvalue weighted by atomic mass is 16.5. The van der Waals surface area contributed by atoms with E-state index >= 15 is 0 Å². The molecule has 0 unspecified atom stereocenters. The van der Waals surface area contributed by atoms with E-state index in [1.54, 1.807) is 7.11 Å². The van der Waals surface area contributed by atoms with Crippen molar-refractivity contribution in [3.63, 3.8) is 0 Å².